The van der Waals surface area contributed by atoms with E-state index >= 15 is 0 Å². The minimum absolute atomic E-state index is 0.166. The monoisotopic (exact) mass is 291 g/mol. The van der Waals surface area contributed by atoms with Crippen LogP contribution in [-0.2, 0) is 6.42 Å². The van der Waals surface area contributed by atoms with Gasteiger partial charge in [0.05, 0.1) is 14.2 Å². The molecule has 4 heteroatoms. The van der Waals surface area contributed by atoms with Crippen LogP contribution in [0.2, 0.25) is 5.02 Å². The Morgan fingerprint density at radius 3 is 2.40 bits per heavy atom. The molecule has 1 atom stereocenters. The predicted molar refractivity (Wildman–Crippen MR) is 81.6 cm³/mol. The third kappa shape index (κ3) is 3.44. The third-order valence-electron chi connectivity index (χ3n) is 3.20. The summed E-state index contributed by atoms with van der Waals surface area (Å²) < 4.78 is 10.3. The van der Waals surface area contributed by atoms with E-state index in [1.54, 1.807) is 20.3 Å². The summed E-state index contributed by atoms with van der Waals surface area (Å²) in [6, 6.07) is 13.3. The average molecular weight is 292 g/mol. The molecule has 0 aliphatic carbocycles. The molecule has 0 aliphatic heterocycles. The van der Waals surface area contributed by atoms with Crippen LogP contribution in [0, 0.1) is 0 Å². The normalized spacial score (nSPS) is 12.0. The highest BCUT2D eigenvalue weighted by Gasteiger charge is 2.12. The molecule has 0 bridgehead atoms. The molecular formula is C16H18ClNO2. The summed E-state index contributed by atoms with van der Waals surface area (Å²) in [5.41, 5.74) is 8.27. The zero-order valence-electron chi connectivity index (χ0n) is 11.6. The van der Waals surface area contributed by atoms with E-state index in [9.17, 15) is 0 Å². The molecule has 0 saturated heterocycles. The van der Waals surface area contributed by atoms with Crippen LogP contribution in [0.4, 0.5) is 0 Å². The molecule has 0 spiro atoms. The molecule has 0 aromatic heterocycles. The van der Waals surface area contributed by atoms with E-state index in [1.807, 2.05) is 36.4 Å². The summed E-state index contributed by atoms with van der Waals surface area (Å²) in [5, 5.41) is 0.625. The second kappa shape index (κ2) is 6.64. The van der Waals surface area contributed by atoms with Gasteiger partial charge in [-0.1, -0.05) is 29.8 Å². The number of methoxy groups -OCH3 is 2. The molecule has 2 aromatic carbocycles. The third-order valence-corrected chi connectivity index (χ3v) is 3.52. The Hall–Kier alpha value is -1.71. The van der Waals surface area contributed by atoms with Crippen LogP contribution in [0.1, 0.15) is 17.2 Å². The van der Waals surface area contributed by atoms with E-state index < -0.39 is 0 Å². The van der Waals surface area contributed by atoms with Crippen LogP contribution in [0.3, 0.4) is 0 Å². The van der Waals surface area contributed by atoms with Crippen molar-refractivity contribution in [2.24, 2.45) is 5.73 Å². The fourth-order valence-electron chi connectivity index (χ4n) is 2.10. The zero-order chi connectivity index (χ0) is 14.5. The van der Waals surface area contributed by atoms with Gasteiger partial charge in [-0.15, -0.1) is 0 Å². The average Bonchev–Trinajstić information content (AvgIpc) is 2.47. The smallest absolute Gasteiger partial charge is 0.120 e. The maximum Gasteiger partial charge on any atom is 0.120 e. The first kappa shape index (κ1) is 14.7. The van der Waals surface area contributed by atoms with Crippen molar-refractivity contribution in [1.82, 2.24) is 0 Å². The molecule has 20 heavy (non-hydrogen) atoms. The van der Waals surface area contributed by atoms with Crippen LogP contribution < -0.4 is 15.2 Å². The van der Waals surface area contributed by atoms with Gasteiger partial charge in [0.1, 0.15) is 11.5 Å². The predicted octanol–water partition coefficient (Wildman–Crippen LogP) is 3.60. The van der Waals surface area contributed by atoms with Gasteiger partial charge in [-0.05, 0) is 41.8 Å². The van der Waals surface area contributed by atoms with Gasteiger partial charge in [0, 0.05) is 11.1 Å². The lowest BCUT2D eigenvalue weighted by Crippen LogP contribution is -2.14. The van der Waals surface area contributed by atoms with Gasteiger partial charge in [-0.3, -0.25) is 0 Å². The summed E-state index contributed by atoms with van der Waals surface area (Å²) in [4.78, 5) is 0. The van der Waals surface area contributed by atoms with Crippen LogP contribution in [-0.4, -0.2) is 14.2 Å². The molecule has 106 valence electrons. The molecule has 3 nitrogen and oxygen atoms in total. The van der Waals surface area contributed by atoms with Gasteiger partial charge in [0.25, 0.3) is 0 Å². The van der Waals surface area contributed by atoms with Crippen LogP contribution >= 0.6 is 11.6 Å². The number of ether oxygens (including phenoxy) is 2. The summed E-state index contributed by atoms with van der Waals surface area (Å²) in [5.74, 6) is 1.56. The Bertz CT molecular complexity index is 586. The van der Waals surface area contributed by atoms with E-state index in [2.05, 4.69) is 0 Å². The Labute approximate surface area is 124 Å². The van der Waals surface area contributed by atoms with E-state index in [0.717, 1.165) is 22.6 Å². The lowest BCUT2D eigenvalue weighted by atomic mass is 9.99. The first-order valence-electron chi connectivity index (χ1n) is 6.36. The highest BCUT2D eigenvalue weighted by Crippen LogP contribution is 2.28. The topological polar surface area (TPSA) is 44.5 Å². The second-order valence-electron chi connectivity index (χ2n) is 4.55. The van der Waals surface area contributed by atoms with Gasteiger partial charge in [-0.2, -0.15) is 0 Å². The standard InChI is InChI=1S/C16H18ClNO2/c1-19-12-5-3-4-11(8-12)9-16(18)14-7-6-13(20-2)10-15(14)17/h3-8,10,16H,9,18H2,1-2H3. The van der Waals surface area contributed by atoms with Crippen molar-refractivity contribution in [2.45, 2.75) is 12.5 Å². The molecule has 0 aliphatic rings. The van der Waals surface area contributed by atoms with E-state index in [1.165, 1.54) is 0 Å². The van der Waals surface area contributed by atoms with Crippen molar-refractivity contribution in [3.63, 3.8) is 0 Å². The van der Waals surface area contributed by atoms with Gasteiger partial charge in [0.15, 0.2) is 0 Å². The number of rotatable bonds is 5. The Morgan fingerprint density at radius 2 is 1.75 bits per heavy atom. The number of hydrogen-bond acceptors (Lipinski definition) is 3. The van der Waals surface area contributed by atoms with Gasteiger partial charge in [0.2, 0.25) is 0 Å². The number of halogens is 1. The molecule has 2 N–H and O–H groups in total. The van der Waals surface area contributed by atoms with E-state index in [-0.39, 0.29) is 6.04 Å². The first-order valence-corrected chi connectivity index (χ1v) is 6.73. The quantitative estimate of drug-likeness (QED) is 0.915. The molecule has 0 heterocycles. The van der Waals surface area contributed by atoms with Crippen molar-refractivity contribution in [2.75, 3.05) is 14.2 Å². The molecule has 0 saturated carbocycles. The van der Waals surface area contributed by atoms with Crippen LogP contribution in [0.25, 0.3) is 0 Å². The second-order valence-corrected chi connectivity index (χ2v) is 4.96. The number of nitrogens with two attached hydrogens (primary N) is 1. The fourth-order valence-corrected chi connectivity index (χ4v) is 2.41. The Balaban J connectivity index is 2.16. The molecule has 2 aromatic rings. The van der Waals surface area contributed by atoms with Crippen LogP contribution in [0.5, 0.6) is 11.5 Å². The summed E-state index contributed by atoms with van der Waals surface area (Å²) in [6.07, 6.45) is 0.698. The highest BCUT2D eigenvalue weighted by molar-refractivity contribution is 6.31. The minimum atomic E-state index is -0.166. The first-order chi connectivity index (χ1) is 9.63. The minimum Gasteiger partial charge on any atom is -0.497 e. The number of hydrogen-bond donors (Lipinski definition) is 1. The SMILES string of the molecule is COc1cccc(CC(N)c2ccc(OC)cc2Cl)c1. The van der Waals surface area contributed by atoms with E-state index in [0.29, 0.717) is 11.4 Å². The van der Waals surface area contributed by atoms with Crippen LogP contribution in [0.15, 0.2) is 42.5 Å². The summed E-state index contributed by atoms with van der Waals surface area (Å²) in [7, 11) is 3.26. The van der Waals surface area contributed by atoms with Crippen molar-refractivity contribution in [3.05, 3.63) is 58.6 Å². The van der Waals surface area contributed by atoms with E-state index in [4.69, 9.17) is 26.8 Å². The molecule has 0 amide bonds. The van der Waals surface area contributed by atoms with Gasteiger partial charge >= 0.3 is 0 Å². The maximum atomic E-state index is 6.24. The van der Waals surface area contributed by atoms with Gasteiger partial charge in [-0.25, -0.2) is 0 Å². The van der Waals surface area contributed by atoms with Gasteiger partial charge < -0.3 is 15.2 Å². The molecule has 0 radical (unpaired) electrons. The van der Waals surface area contributed by atoms with Crippen molar-refractivity contribution >= 4 is 11.6 Å². The fraction of sp³-hybridized carbons (Fsp3) is 0.250. The molecular weight excluding hydrogens is 274 g/mol. The largest absolute Gasteiger partial charge is 0.497 e. The molecule has 0 fully saturated rings. The van der Waals surface area contributed by atoms with Crippen molar-refractivity contribution in [1.29, 1.82) is 0 Å². The summed E-state index contributed by atoms with van der Waals surface area (Å²) in [6.45, 7) is 0. The van der Waals surface area contributed by atoms with Crippen molar-refractivity contribution < 1.29 is 9.47 Å². The maximum absolute atomic E-state index is 6.24. The van der Waals surface area contributed by atoms with Crippen molar-refractivity contribution in [3.8, 4) is 11.5 Å². The highest BCUT2D eigenvalue weighted by atomic mass is 35.5. The lowest BCUT2D eigenvalue weighted by Gasteiger charge is -2.15. The zero-order valence-corrected chi connectivity index (χ0v) is 12.4. The Kier molecular flexibility index (Phi) is 4.88. The Morgan fingerprint density at radius 1 is 1.05 bits per heavy atom. The number of benzene rings is 2. The summed E-state index contributed by atoms with van der Waals surface area (Å²) >= 11 is 6.24. The molecule has 2 rings (SSSR count). The molecule has 1 unspecified atom stereocenters. The lowest BCUT2D eigenvalue weighted by molar-refractivity contribution is 0.414.